The van der Waals surface area contributed by atoms with Crippen molar-refractivity contribution in [2.24, 2.45) is 0 Å². The smallest absolute Gasteiger partial charge is 0.322 e. The van der Waals surface area contributed by atoms with E-state index in [4.69, 9.17) is 27.9 Å². The molecular weight excluding hydrogens is 337 g/mol. The second kappa shape index (κ2) is 7.17. The van der Waals surface area contributed by atoms with Crippen LogP contribution in [-0.2, 0) is 4.74 Å². The number of halogens is 2. The van der Waals surface area contributed by atoms with Gasteiger partial charge in [0.05, 0.1) is 25.0 Å². The average molecular weight is 352 g/mol. The van der Waals surface area contributed by atoms with Crippen molar-refractivity contribution in [2.75, 3.05) is 25.0 Å². The second-order valence-corrected chi connectivity index (χ2v) is 5.98. The average Bonchev–Trinajstić information content (AvgIpc) is 2.58. The van der Waals surface area contributed by atoms with Gasteiger partial charge < -0.3 is 15.0 Å². The highest BCUT2D eigenvalue weighted by Gasteiger charge is 2.25. The predicted octanol–water partition coefficient (Wildman–Crippen LogP) is 3.99. The summed E-state index contributed by atoms with van der Waals surface area (Å²) in [6.45, 7) is 1.50. The number of morpholine rings is 1. The normalized spacial score (nSPS) is 17.8. The van der Waals surface area contributed by atoms with E-state index in [2.05, 4.69) is 10.3 Å². The highest BCUT2D eigenvalue weighted by molar-refractivity contribution is 6.30. The van der Waals surface area contributed by atoms with E-state index in [-0.39, 0.29) is 12.1 Å². The molecule has 2 amide bonds. The highest BCUT2D eigenvalue weighted by atomic mass is 35.5. The SMILES string of the molecule is O=C(Nc1ccc(Cl)nc1)N1CCO[C@H](c2ccc(Cl)cc2)C1. The van der Waals surface area contributed by atoms with Crippen molar-refractivity contribution in [1.29, 1.82) is 0 Å². The molecule has 1 aliphatic rings. The number of hydrogen-bond donors (Lipinski definition) is 1. The van der Waals surface area contributed by atoms with Crippen LogP contribution in [0.25, 0.3) is 0 Å². The number of ether oxygens (including phenoxy) is 1. The summed E-state index contributed by atoms with van der Waals surface area (Å²) in [7, 11) is 0. The molecule has 2 heterocycles. The number of rotatable bonds is 2. The number of amides is 2. The first-order valence-corrected chi connectivity index (χ1v) is 7.92. The maximum Gasteiger partial charge on any atom is 0.322 e. The number of urea groups is 1. The van der Waals surface area contributed by atoms with E-state index in [9.17, 15) is 4.79 Å². The Hall–Kier alpha value is -1.82. The molecule has 120 valence electrons. The number of carbonyl (C=O) groups excluding carboxylic acids is 1. The standard InChI is InChI=1S/C16H15Cl2N3O2/c17-12-3-1-11(2-4-12)14-10-21(7-8-23-14)16(22)20-13-5-6-15(18)19-9-13/h1-6,9,14H,7-8,10H2,(H,20,22)/t14-/m0/s1. The summed E-state index contributed by atoms with van der Waals surface area (Å²) in [6.07, 6.45) is 1.37. The summed E-state index contributed by atoms with van der Waals surface area (Å²) in [5.74, 6) is 0. The molecule has 1 saturated heterocycles. The molecule has 0 radical (unpaired) electrons. The van der Waals surface area contributed by atoms with Gasteiger partial charge in [-0.1, -0.05) is 35.3 Å². The van der Waals surface area contributed by atoms with Crippen LogP contribution in [0.5, 0.6) is 0 Å². The molecule has 1 N–H and O–H groups in total. The fourth-order valence-corrected chi connectivity index (χ4v) is 2.60. The largest absolute Gasteiger partial charge is 0.370 e. The van der Waals surface area contributed by atoms with E-state index in [1.165, 1.54) is 6.20 Å². The van der Waals surface area contributed by atoms with Crippen LogP contribution in [0.1, 0.15) is 11.7 Å². The molecule has 5 nitrogen and oxygen atoms in total. The summed E-state index contributed by atoms with van der Waals surface area (Å²) in [4.78, 5) is 18.0. The van der Waals surface area contributed by atoms with Crippen LogP contribution in [0, 0.1) is 0 Å². The number of nitrogens with zero attached hydrogens (tertiary/aromatic N) is 2. The monoisotopic (exact) mass is 351 g/mol. The molecule has 0 saturated carbocycles. The topological polar surface area (TPSA) is 54.5 Å². The Morgan fingerprint density at radius 2 is 2.00 bits per heavy atom. The summed E-state index contributed by atoms with van der Waals surface area (Å²) in [5.41, 5.74) is 1.61. The van der Waals surface area contributed by atoms with Gasteiger partial charge in [0.15, 0.2) is 0 Å². The first-order valence-electron chi connectivity index (χ1n) is 7.16. The number of aromatic nitrogens is 1. The molecule has 1 fully saturated rings. The molecule has 0 aliphatic carbocycles. The fraction of sp³-hybridized carbons (Fsp3) is 0.250. The second-order valence-electron chi connectivity index (χ2n) is 5.16. The van der Waals surface area contributed by atoms with Crippen molar-refractivity contribution in [1.82, 2.24) is 9.88 Å². The number of pyridine rings is 1. The van der Waals surface area contributed by atoms with E-state index in [0.717, 1.165) is 5.56 Å². The van der Waals surface area contributed by atoms with Gasteiger partial charge in [-0.25, -0.2) is 9.78 Å². The van der Waals surface area contributed by atoms with Gasteiger partial charge >= 0.3 is 6.03 Å². The van der Waals surface area contributed by atoms with Gasteiger partial charge in [-0.2, -0.15) is 0 Å². The number of carbonyl (C=O) groups is 1. The lowest BCUT2D eigenvalue weighted by Gasteiger charge is -2.33. The van der Waals surface area contributed by atoms with Gasteiger partial charge in [0.2, 0.25) is 0 Å². The quantitative estimate of drug-likeness (QED) is 0.832. The van der Waals surface area contributed by atoms with Gasteiger partial charge in [0.1, 0.15) is 11.3 Å². The zero-order chi connectivity index (χ0) is 16.2. The number of benzene rings is 1. The summed E-state index contributed by atoms with van der Waals surface area (Å²) >= 11 is 11.6. The van der Waals surface area contributed by atoms with Crippen molar-refractivity contribution in [3.8, 4) is 0 Å². The third-order valence-electron chi connectivity index (χ3n) is 3.57. The Kier molecular flexibility index (Phi) is 5.00. The Balaban J connectivity index is 1.64. The lowest BCUT2D eigenvalue weighted by atomic mass is 10.1. The molecule has 0 bridgehead atoms. The summed E-state index contributed by atoms with van der Waals surface area (Å²) in [5, 5.41) is 3.87. The first kappa shape index (κ1) is 16.1. The zero-order valence-corrected chi connectivity index (χ0v) is 13.7. The number of anilines is 1. The van der Waals surface area contributed by atoms with E-state index in [1.54, 1.807) is 17.0 Å². The third kappa shape index (κ3) is 4.13. The van der Waals surface area contributed by atoms with E-state index in [1.807, 2.05) is 24.3 Å². The summed E-state index contributed by atoms with van der Waals surface area (Å²) in [6, 6.07) is 10.6. The Morgan fingerprint density at radius 3 is 2.70 bits per heavy atom. The van der Waals surface area contributed by atoms with E-state index >= 15 is 0 Å². The van der Waals surface area contributed by atoms with Gasteiger partial charge in [0.25, 0.3) is 0 Å². The van der Waals surface area contributed by atoms with Crippen LogP contribution in [0.2, 0.25) is 10.2 Å². The minimum Gasteiger partial charge on any atom is -0.370 e. The number of nitrogens with one attached hydrogen (secondary N) is 1. The van der Waals surface area contributed by atoms with Gasteiger partial charge in [0, 0.05) is 11.6 Å². The Morgan fingerprint density at radius 1 is 1.22 bits per heavy atom. The lowest BCUT2D eigenvalue weighted by molar-refractivity contribution is -0.0135. The minimum atomic E-state index is -0.184. The maximum absolute atomic E-state index is 12.4. The van der Waals surface area contributed by atoms with Crippen molar-refractivity contribution in [3.05, 3.63) is 58.3 Å². The van der Waals surface area contributed by atoms with Crippen LogP contribution < -0.4 is 5.32 Å². The van der Waals surface area contributed by atoms with Crippen molar-refractivity contribution < 1.29 is 9.53 Å². The van der Waals surface area contributed by atoms with Crippen LogP contribution in [0.4, 0.5) is 10.5 Å². The molecule has 23 heavy (non-hydrogen) atoms. The predicted molar refractivity (Wildman–Crippen MR) is 90.0 cm³/mol. The minimum absolute atomic E-state index is 0.157. The molecule has 1 atom stereocenters. The maximum atomic E-state index is 12.4. The highest BCUT2D eigenvalue weighted by Crippen LogP contribution is 2.24. The molecule has 3 rings (SSSR count). The third-order valence-corrected chi connectivity index (χ3v) is 4.05. The van der Waals surface area contributed by atoms with Crippen molar-refractivity contribution >= 4 is 34.9 Å². The van der Waals surface area contributed by atoms with E-state index in [0.29, 0.717) is 35.6 Å². The molecule has 1 aromatic carbocycles. The van der Waals surface area contributed by atoms with Gasteiger partial charge in [-0.15, -0.1) is 0 Å². The zero-order valence-electron chi connectivity index (χ0n) is 12.2. The molecule has 7 heteroatoms. The van der Waals surface area contributed by atoms with Crippen molar-refractivity contribution in [2.45, 2.75) is 6.10 Å². The molecule has 1 aromatic heterocycles. The van der Waals surface area contributed by atoms with Crippen LogP contribution >= 0.6 is 23.2 Å². The van der Waals surface area contributed by atoms with E-state index < -0.39 is 0 Å². The molecule has 2 aromatic rings. The number of hydrogen-bond acceptors (Lipinski definition) is 3. The lowest BCUT2D eigenvalue weighted by Crippen LogP contribution is -2.44. The Labute approximate surface area is 144 Å². The Bertz CT molecular complexity index is 677. The summed E-state index contributed by atoms with van der Waals surface area (Å²) < 4.78 is 5.76. The van der Waals surface area contributed by atoms with Crippen LogP contribution in [-0.4, -0.2) is 35.6 Å². The molecular formula is C16H15Cl2N3O2. The van der Waals surface area contributed by atoms with Gasteiger partial charge in [-0.3, -0.25) is 0 Å². The van der Waals surface area contributed by atoms with Gasteiger partial charge in [-0.05, 0) is 29.8 Å². The van der Waals surface area contributed by atoms with Crippen LogP contribution in [0.15, 0.2) is 42.6 Å². The molecule has 0 spiro atoms. The van der Waals surface area contributed by atoms with Crippen LogP contribution in [0.3, 0.4) is 0 Å². The van der Waals surface area contributed by atoms with Crippen molar-refractivity contribution in [3.63, 3.8) is 0 Å². The molecule has 0 unspecified atom stereocenters. The fourth-order valence-electron chi connectivity index (χ4n) is 2.37. The first-order chi connectivity index (χ1) is 11.1. The molecule has 1 aliphatic heterocycles.